The van der Waals surface area contributed by atoms with Crippen LogP contribution in [0.5, 0.6) is 0 Å². The van der Waals surface area contributed by atoms with Gasteiger partial charge in [0.2, 0.25) is 11.8 Å². The minimum absolute atomic E-state index is 0.0481. The van der Waals surface area contributed by atoms with E-state index in [1.807, 2.05) is 4.90 Å². The highest BCUT2D eigenvalue weighted by Crippen LogP contribution is 2.32. The molecule has 7 nitrogen and oxygen atoms in total. The van der Waals surface area contributed by atoms with E-state index in [1.165, 1.54) is 12.8 Å². The van der Waals surface area contributed by atoms with Gasteiger partial charge in [0.15, 0.2) is 5.82 Å². The molecule has 0 unspecified atom stereocenters. The molecule has 0 bridgehead atoms. The summed E-state index contributed by atoms with van der Waals surface area (Å²) in [4.78, 5) is 28.3. The van der Waals surface area contributed by atoms with Gasteiger partial charge in [-0.05, 0) is 25.2 Å². The number of carbonyl (C=O) groups excluding carboxylic acids is 2. The van der Waals surface area contributed by atoms with Crippen molar-refractivity contribution in [3.63, 3.8) is 0 Å². The van der Waals surface area contributed by atoms with Gasteiger partial charge in [-0.1, -0.05) is 0 Å². The van der Waals surface area contributed by atoms with Crippen LogP contribution >= 0.6 is 0 Å². The second kappa shape index (κ2) is 5.62. The van der Waals surface area contributed by atoms with Crippen molar-refractivity contribution in [2.45, 2.75) is 45.2 Å². The quantitative estimate of drug-likeness (QED) is 0.790. The average molecular weight is 317 g/mol. The van der Waals surface area contributed by atoms with Gasteiger partial charge in [0.25, 0.3) is 0 Å². The molecule has 0 N–H and O–H groups in total. The van der Waals surface area contributed by atoms with Crippen LogP contribution in [0.2, 0.25) is 0 Å². The zero-order valence-corrected chi connectivity index (χ0v) is 13.6. The summed E-state index contributed by atoms with van der Waals surface area (Å²) in [6, 6.07) is 0. The SMILES string of the molecule is CN(Cc1nnc2n1CCC2)C(=O)[C@@H]1CC(=O)N(CC2CC2)C1. The van der Waals surface area contributed by atoms with E-state index >= 15 is 0 Å². The molecule has 0 radical (unpaired) electrons. The summed E-state index contributed by atoms with van der Waals surface area (Å²) in [7, 11) is 1.80. The standard InChI is InChI=1S/C16H23N5O2/c1-19(10-14-18-17-13-3-2-6-21(13)14)16(23)12-7-15(22)20(9-12)8-11-4-5-11/h11-12H,2-10H2,1H3/t12-/m1/s1. The fraction of sp³-hybridized carbons (Fsp3) is 0.750. The lowest BCUT2D eigenvalue weighted by Crippen LogP contribution is -2.35. The first kappa shape index (κ1) is 14.7. The first-order chi connectivity index (χ1) is 11.1. The van der Waals surface area contributed by atoms with Crippen LogP contribution in [0.4, 0.5) is 0 Å². The van der Waals surface area contributed by atoms with E-state index in [-0.39, 0.29) is 17.7 Å². The largest absolute Gasteiger partial charge is 0.342 e. The molecule has 2 fully saturated rings. The van der Waals surface area contributed by atoms with Crippen molar-refractivity contribution in [3.8, 4) is 0 Å². The average Bonchev–Trinajstić information content (AvgIpc) is 2.93. The lowest BCUT2D eigenvalue weighted by molar-refractivity contribution is -0.135. The number of aryl methyl sites for hydroxylation is 1. The maximum Gasteiger partial charge on any atom is 0.228 e. The van der Waals surface area contributed by atoms with E-state index < -0.39 is 0 Å². The second-order valence-electron chi connectivity index (χ2n) is 7.13. The fourth-order valence-electron chi connectivity index (χ4n) is 3.66. The molecule has 3 aliphatic rings. The van der Waals surface area contributed by atoms with Gasteiger partial charge in [0, 0.05) is 39.5 Å². The second-order valence-corrected chi connectivity index (χ2v) is 7.13. The Morgan fingerprint density at radius 3 is 2.96 bits per heavy atom. The Morgan fingerprint density at radius 1 is 1.35 bits per heavy atom. The van der Waals surface area contributed by atoms with E-state index in [4.69, 9.17) is 0 Å². The number of rotatable bonds is 5. The van der Waals surface area contributed by atoms with Gasteiger partial charge in [0.05, 0.1) is 12.5 Å². The first-order valence-corrected chi connectivity index (χ1v) is 8.55. The van der Waals surface area contributed by atoms with Gasteiger partial charge in [-0.2, -0.15) is 0 Å². The molecule has 2 aliphatic heterocycles. The third-order valence-corrected chi connectivity index (χ3v) is 5.18. The van der Waals surface area contributed by atoms with Crippen molar-refractivity contribution in [1.29, 1.82) is 0 Å². The summed E-state index contributed by atoms with van der Waals surface area (Å²) in [6.07, 6.45) is 4.87. The summed E-state index contributed by atoms with van der Waals surface area (Å²) in [5.41, 5.74) is 0. The predicted octanol–water partition coefficient (Wildman–Crippen LogP) is 0.441. The van der Waals surface area contributed by atoms with Crippen molar-refractivity contribution in [1.82, 2.24) is 24.6 Å². The predicted molar refractivity (Wildman–Crippen MR) is 82.2 cm³/mol. The number of carbonyl (C=O) groups is 2. The first-order valence-electron chi connectivity index (χ1n) is 8.55. The third-order valence-electron chi connectivity index (χ3n) is 5.18. The zero-order valence-electron chi connectivity index (χ0n) is 13.6. The van der Waals surface area contributed by atoms with E-state index in [9.17, 15) is 9.59 Å². The van der Waals surface area contributed by atoms with Gasteiger partial charge in [0.1, 0.15) is 5.82 Å². The van der Waals surface area contributed by atoms with Gasteiger partial charge in [-0.15, -0.1) is 10.2 Å². The molecule has 1 aromatic rings. The van der Waals surface area contributed by atoms with Gasteiger partial charge in [-0.25, -0.2) is 0 Å². The lowest BCUT2D eigenvalue weighted by Gasteiger charge is -2.21. The van der Waals surface area contributed by atoms with Crippen LogP contribution in [0.15, 0.2) is 0 Å². The Balaban J connectivity index is 1.37. The number of aromatic nitrogens is 3. The molecule has 0 aromatic carbocycles. The van der Waals surface area contributed by atoms with Crippen molar-refractivity contribution in [3.05, 3.63) is 11.6 Å². The highest BCUT2D eigenvalue weighted by atomic mass is 16.2. The molecular weight excluding hydrogens is 294 g/mol. The van der Waals surface area contributed by atoms with Crippen LogP contribution < -0.4 is 0 Å². The summed E-state index contributed by atoms with van der Waals surface area (Å²) in [6.45, 7) is 2.83. The van der Waals surface area contributed by atoms with E-state index in [0.29, 0.717) is 25.4 Å². The minimum Gasteiger partial charge on any atom is -0.342 e. The zero-order chi connectivity index (χ0) is 16.0. The summed E-state index contributed by atoms with van der Waals surface area (Å²) in [5, 5.41) is 8.39. The third kappa shape index (κ3) is 2.84. The number of hydrogen-bond donors (Lipinski definition) is 0. The van der Waals surface area contributed by atoms with E-state index in [0.717, 1.165) is 37.6 Å². The number of nitrogens with zero attached hydrogens (tertiary/aromatic N) is 5. The van der Waals surface area contributed by atoms with Crippen LogP contribution in [0.25, 0.3) is 0 Å². The molecule has 1 atom stereocenters. The molecule has 1 saturated carbocycles. The summed E-state index contributed by atoms with van der Waals surface area (Å²) >= 11 is 0. The Labute approximate surface area is 135 Å². The molecule has 2 amide bonds. The maximum atomic E-state index is 12.7. The molecule has 124 valence electrons. The molecule has 23 heavy (non-hydrogen) atoms. The maximum absolute atomic E-state index is 12.7. The Kier molecular flexibility index (Phi) is 3.58. The van der Waals surface area contributed by atoms with Crippen LogP contribution in [0, 0.1) is 11.8 Å². The van der Waals surface area contributed by atoms with Crippen LogP contribution in [0.3, 0.4) is 0 Å². The van der Waals surface area contributed by atoms with E-state index in [2.05, 4.69) is 14.8 Å². The van der Waals surface area contributed by atoms with Crippen LogP contribution in [-0.4, -0.2) is 56.5 Å². The molecule has 3 heterocycles. The minimum atomic E-state index is -0.202. The van der Waals surface area contributed by atoms with Crippen molar-refractivity contribution in [2.24, 2.45) is 11.8 Å². The smallest absolute Gasteiger partial charge is 0.228 e. The Morgan fingerprint density at radius 2 is 2.17 bits per heavy atom. The highest BCUT2D eigenvalue weighted by Gasteiger charge is 2.38. The van der Waals surface area contributed by atoms with E-state index in [1.54, 1.807) is 11.9 Å². The molecule has 1 aromatic heterocycles. The van der Waals surface area contributed by atoms with Crippen molar-refractivity contribution >= 4 is 11.8 Å². The van der Waals surface area contributed by atoms with Crippen molar-refractivity contribution < 1.29 is 9.59 Å². The molecule has 1 aliphatic carbocycles. The van der Waals surface area contributed by atoms with Gasteiger partial charge >= 0.3 is 0 Å². The van der Waals surface area contributed by atoms with Crippen LogP contribution in [0.1, 0.15) is 37.3 Å². The Bertz CT molecular complexity index is 636. The number of amides is 2. The fourth-order valence-corrected chi connectivity index (χ4v) is 3.66. The molecule has 0 spiro atoms. The normalized spacial score (nSPS) is 23.4. The molecule has 4 rings (SSSR count). The molecule has 7 heteroatoms. The number of hydrogen-bond acceptors (Lipinski definition) is 4. The van der Waals surface area contributed by atoms with Crippen molar-refractivity contribution in [2.75, 3.05) is 20.1 Å². The topological polar surface area (TPSA) is 71.3 Å². The van der Waals surface area contributed by atoms with Gasteiger partial charge < -0.3 is 14.4 Å². The molecule has 1 saturated heterocycles. The monoisotopic (exact) mass is 317 g/mol. The number of fused-ring (bicyclic) bond motifs is 1. The van der Waals surface area contributed by atoms with Gasteiger partial charge in [-0.3, -0.25) is 9.59 Å². The summed E-state index contributed by atoms with van der Waals surface area (Å²) in [5.74, 6) is 2.52. The Hall–Kier alpha value is -1.92. The molecular formula is C16H23N5O2. The summed E-state index contributed by atoms with van der Waals surface area (Å²) < 4.78 is 2.11. The lowest BCUT2D eigenvalue weighted by atomic mass is 10.1. The van der Waals surface area contributed by atoms with Crippen LogP contribution in [-0.2, 0) is 29.1 Å². The highest BCUT2D eigenvalue weighted by molar-refractivity contribution is 5.89. The number of likely N-dealkylation sites (tertiary alicyclic amines) is 1.